The minimum atomic E-state index is -0.881. The van der Waals surface area contributed by atoms with Crippen LogP contribution in [0.5, 0.6) is 0 Å². The van der Waals surface area contributed by atoms with E-state index in [-0.39, 0.29) is 6.04 Å². The highest BCUT2D eigenvalue weighted by Gasteiger charge is 2.25. The Morgan fingerprint density at radius 2 is 1.85 bits per heavy atom. The molecule has 3 nitrogen and oxygen atoms in total. The van der Waals surface area contributed by atoms with Gasteiger partial charge in [0.15, 0.2) is 0 Å². The Morgan fingerprint density at radius 3 is 2.55 bits per heavy atom. The summed E-state index contributed by atoms with van der Waals surface area (Å²) in [5, 5.41) is 8.99. The van der Waals surface area contributed by atoms with Crippen LogP contribution in [0.15, 0.2) is 48.5 Å². The third-order valence-corrected chi connectivity index (χ3v) is 4.00. The lowest BCUT2D eigenvalue weighted by molar-refractivity contribution is 0.0697. The van der Waals surface area contributed by atoms with Crippen molar-refractivity contribution in [3.8, 4) is 0 Å². The number of rotatable bonds is 2. The van der Waals surface area contributed by atoms with Gasteiger partial charge in [0.2, 0.25) is 0 Å². The number of fused-ring (bicyclic) bond motifs is 1. The summed E-state index contributed by atoms with van der Waals surface area (Å²) in [6.07, 6.45) is 1.07. The Labute approximate surface area is 118 Å². The molecule has 0 bridgehead atoms. The zero-order valence-electron chi connectivity index (χ0n) is 11.4. The number of carboxylic acids is 1. The topological polar surface area (TPSA) is 40.5 Å². The molecule has 1 heterocycles. The van der Waals surface area contributed by atoms with Crippen molar-refractivity contribution in [1.29, 1.82) is 0 Å². The Hall–Kier alpha value is -2.13. The number of hydrogen-bond acceptors (Lipinski definition) is 2. The first-order valence-electron chi connectivity index (χ1n) is 6.78. The first-order chi connectivity index (χ1) is 9.66. The lowest BCUT2D eigenvalue weighted by atomic mass is 9.88. The molecule has 2 aromatic carbocycles. The van der Waals surface area contributed by atoms with Crippen LogP contribution in [0.1, 0.15) is 33.1 Å². The molecule has 2 aromatic rings. The fourth-order valence-corrected chi connectivity index (χ4v) is 2.93. The number of carboxylic acid groups (broad SMARTS) is 1. The van der Waals surface area contributed by atoms with Gasteiger partial charge in [0.25, 0.3) is 0 Å². The smallest absolute Gasteiger partial charge is 0.335 e. The maximum atomic E-state index is 10.9. The molecule has 0 aliphatic carbocycles. The average molecular weight is 267 g/mol. The fourth-order valence-electron chi connectivity index (χ4n) is 2.93. The molecule has 1 aliphatic rings. The van der Waals surface area contributed by atoms with Gasteiger partial charge in [-0.1, -0.05) is 36.4 Å². The Morgan fingerprint density at radius 1 is 1.15 bits per heavy atom. The number of hydrogen-bond donors (Lipinski definition) is 1. The highest BCUT2D eigenvalue weighted by atomic mass is 16.4. The number of nitrogens with zero attached hydrogens (tertiary/aromatic N) is 1. The van der Waals surface area contributed by atoms with Crippen LogP contribution in [-0.4, -0.2) is 29.6 Å². The number of likely N-dealkylation sites (N-methyl/N-ethyl adjacent to an activating group) is 1. The average Bonchev–Trinajstić information content (AvgIpc) is 2.47. The minimum Gasteiger partial charge on any atom is -0.478 e. The lowest BCUT2D eigenvalue weighted by Crippen LogP contribution is -2.32. The van der Waals surface area contributed by atoms with Crippen LogP contribution in [-0.2, 0) is 6.42 Å². The zero-order valence-corrected chi connectivity index (χ0v) is 11.4. The standard InChI is InChI=1S/C17H17NO2/c1-18-11-10-12-4-2-3-5-15(12)16(18)13-6-8-14(9-7-13)17(19)20/h2-9,16H,10-11H2,1H3,(H,19,20). The van der Waals surface area contributed by atoms with Gasteiger partial charge in [0, 0.05) is 6.54 Å². The maximum absolute atomic E-state index is 10.9. The van der Waals surface area contributed by atoms with Crippen molar-refractivity contribution in [2.24, 2.45) is 0 Å². The third-order valence-electron chi connectivity index (χ3n) is 4.00. The van der Waals surface area contributed by atoms with Gasteiger partial charge in [-0.05, 0) is 42.3 Å². The molecule has 0 fully saturated rings. The second-order valence-corrected chi connectivity index (χ2v) is 5.26. The van der Waals surface area contributed by atoms with Gasteiger partial charge in [-0.2, -0.15) is 0 Å². The number of benzene rings is 2. The van der Waals surface area contributed by atoms with Crippen molar-refractivity contribution in [2.75, 3.05) is 13.6 Å². The highest BCUT2D eigenvalue weighted by molar-refractivity contribution is 5.87. The number of aromatic carboxylic acids is 1. The van der Waals surface area contributed by atoms with Crippen molar-refractivity contribution >= 4 is 5.97 Å². The first-order valence-corrected chi connectivity index (χ1v) is 6.78. The van der Waals surface area contributed by atoms with E-state index in [0.29, 0.717) is 5.56 Å². The maximum Gasteiger partial charge on any atom is 0.335 e. The molecule has 1 atom stereocenters. The summed E-state index contributed by atoms with van der Waals surface area (Å²) in [7, 11) is 2.12. The van der Waals surface area contributed by atoms with Gasteiger partial charge in [-0.15, -0.1) is 0 Å². The number of carbonyl (C=O) groups is 1. The second kappa shape index (κ2) is 5.10. The fraction of sp³-hybridized carbons (Fsp3) is 0.235. The van der Waals surface area contributed by atoms with Crippen molar-refractivity contribution in [2.45, 2.75) is 12.5 Å². The van der Waals surface area contributed by atoms with Crippen LogP contribution in [0.4, 0.5) is 0 Å². The Kier molecular flexibility index (Phi) is 3.28. The van der Waals surface area contributed by atoms with Gasteiger partial charge in [0.05, 0.1) is 11.6 Å². The normalized spacial score (nSPS) is 18.6. The van der Waals surface area contributed by atoms with Crippen molar-refractivity contribution in [3.05, 3.63) is 70.8 Å². The molecule has 3 rings (SSSR count). The summed E-state index contributed by atoms with van der Waals surface area (Å²) >= 11 is 0. The molecule has 0 amide bonds. The van der Waals surface area contributed by atoms with Crippen molar-refractivity contribution < 1.29 is 9.90 Å². The van der Waals surface area contributed by atoms with E-state index in [9.17, 15) is 4.79 Å². The van der Waals surface area contributed by atoms with Gasteiger partial charge in [-0.3, -0.25) is 4.90 Å². The SMILES string of the molecule is CN1CCc2ccccc2C1c1ccc(C(=O)O)cc1. The molecule has 0 aromatic heterocycles. The van der Waals surface area contributed by atoms with Crippen LogP contribution in [0.2, 0.25) is 0 Å². The molecular formula is C17H17NO2. The van der Waals surface area contributed by atoms with E-state index in [2.05, 4.69) is 36.2 Å². The zero-order chi connectivity index (χ0) is 14.1. The predicted octanol–water partition coefficient (Wildman–Crippen LogP) is 2.96. The molecule has 0 spiro atoms. The van der Waals surface area contributed by atoms with Gasteiger partial charge < -0.3 is 5.11 Å². The quantitative estimate of drug-likeness (QED) is 0.909. The summed E-state index contributed by atoms with van der Waals surface area (Å²) in [6.45, 7) is 1.02. The Bertz CT molecular complexity index is 634. The third kappa shape index (κ3) is 2.21. The summed E-state index contributed by atoms with van der Waals surface area (Å²) in [5.41, 5.74) is 4.19. The molecule has 1 aliphatic heterocycles. The van der Waals surface area contributed by atoms with E-state index in [1.807, 2.05) is 12.1 Å². The van der Waals surface area contributed by atoms with Crippen molar-refractivity contribution in [1.82, 2.24) is 4.90 Å². The van der Waals surface area contributed by atoms with E-state index in [4.69, 9.17) is 5.11 Å². The minimum absolute atomic E-state index is 0.211. The summed E-state index contributed by atoms with van der Waals surface area (Å²) in [4.78, 5) is 13.3. The van der Waals surface area contributed by atoms with Gasteiger partial charge >= 0.3 is 5.97 Å². The summed E-state index contributed by atoms with van der Waals surface area (Å²) in [6, 6.07) is 15.9. The molecule has 0 saturated carbocycles. The lowest BCUT2D eigenvalue weighted by Gasteiger charge is -2.35. The van der Waals surface area contributed by atoms with Crippen LogP contribution < -0.4 is 0 Å². The van der Waals surface area contributed by atoms with E-state index < -0.39 is 5.97 Å². The molecule has 0 radical (unpaired) electrons. The highest BCUT2D eigenvalue weighted by Crippen LogP contribution is 2.33. The largest absolute Gasteiger partial charge is 0.478 e. The summed E-state index contributed by atoms with van der Waals surface area (Å²) in [5.74, 6) is -0.881. The molecule has 0 saturated heterocycles. The van der Waals surface area contributed by atoms with E-state index in [1.165, 1.54) is 11.1 Å². The summed E-state index contributed by atoms with van der Waals surface area (Å²) < 4.78 is 0. The molecule has 3 heteroatoms. The van der Waals surface area contributed by atoms with E-state index >= 15 is 0 Å². The van der Waals surface area contributed by atoms with Crippen LogP contribution in [0.3, 0.4) is 0 Å². The monoisotopic (exact) mass is 267 g/mol. The van der Waals surface area contributed by atoms with Gasteiger partial charge in [-0.25, -0.2) is 4.79 Å². The second-order valence-electron chi connectivity index (χ2n) is 5.26. The molecular weight excluding hydrogens is 250 g/mol. The molecule has 1 unspecified atom stereocenters. The van der Waals surface area contributed by atoms with Gasteiger partial charge in [0.1, 0.15) is 0 Å². The van der Waals surface area contributed by atoms with E-state index in [1.54, 1.807) is 12.1 Å². The van der Waals surface area contributed by atoms with E-state index in [0.717, 1.165) is 18.5 Å². The Balaban J connectivity index is 2.02. The predicted molar refractivity (Wildman–Crippen MR) is 78.0 cm³/mol. The van der Waals surface area contributed by atoms with Crippen molar-refractivity contribution in [3.63, 3.8) is 0 Å². The van der Waals surface area contributed by atoms with Crippen LogP contribution >= 0.6 is 0 Å². The first kappa shape index (κ1) is 12.9. The molecule has 1 N–H and O–H groups in total. The van der Waals surface area contributed by atoms with Crippen LogP contribution in [0.25, 0.3) is 0 Å². The molecule has 20 heavy (non-hydrogen) atoms. The molecule has 102 valence electrons. The van der Waals surface area contributed by atoms with Crippen LogP contribution in [0, 0.1) is 0 Å².